The van der Waals surface area contributed by atoms with Gasteiger partial charge in [0, 0.05) is 22.8 Å². The fourth-order valence-electron chi connectivity index (χ4n) is 3.01. The fourth-order valence-corrected chi connectivity index (χ4v) is 4.88. The van der Waals surface area contributed by atoms with Gasteiger partial charge in [-0.15, -0.1) is 21.5 Å². The molecule has 156 valence electrons. The number of aromatic nitrogens is 4. The zero-order valence-electron chi connectivity index (χ0n) is 16.5. The number of benzene rings is 1. The maximum absolute atomic E-state index is 12.7. The lowest BCUT2D eigenvalue weighted by Crippen LogP contribution is -2.12. The van der Waals surface area contributed by atoms with Crippen LogP contribution >= 0.6 is 23.1 Å². The molecule has 9 heteroatoms. The van der Waals surface area contributed by atoms with Crippen LogP contribution in [-0.4, -0.2) is 37.2 Å². The average Bonchev–Trinajstić information content (AvgIpc) is 3.40. The number of thiophene rings is 1. The Kier molecular flexibility index (Phi) is 6.54. The first-order valence-electron chi connectivity index (χ1n) is 9.50. The number of ketones is 1. The summed E-state index contributed by atoms with van der Waals surface area (Å²) in [5.74, 6) is 0.513. The van der Waals surface area contributed by atoms with Gasteiger partial charge in [0.1, 0.15) is 0 Å². The van der Waals surface area contributed by atoms with E-state index in [9.17, 15) is 9.59 Å². The Bertz CT molecular complexity index is 1190. The maximum atomic E-state index is 12.7. The topological polar surface area (TPSA) is 104 Å². The summed E-state index contributed by atoms with van der Waals surface area (Å²) in [7, 11) is 0. The highest BCUT2D eigenvalue weighted by molar-refractivity contribution is 7.99. The number of hydrogen-bond donors (Lipinski definition) is 1. The van der Waals surface area contributed by atoms with E-state index in [2.05, 4.69) is 15.2 Å². The molecule has 7 nitrogen and oxygen atoms in total. The molecule has 0 aliphatic heterocycles. The van der Waals surface area contributed by atoms with Crippen LogP contribution in [0.25, 0.3) is 11.4 Å². The third-order valence-electron chi connectivity index (χ3n) is 4.46. The van der Waals surface area contributed by atoms with E-state index in [0.29, 0.717) is 16.6 Å². The van der Waals surface area contributed by atoms with Crippen molar-refractivity contribution in [3.63, 3.8) is 0 Å². The number of hydrogen-bond acceptors (Lipinski definition) is 7. The number of carbonyl (C=O) groups is 2. The minimum atomic E-state index is -0.409. The monoisotopic (exact) mass is 449 g/mol. The molecule has 0 aliphatic carbocycles. The van der Waals surface area contributed by atoms with Crippen molar-refractivity contribution in [1.82, 2.24) is 19.7 Å². The normalized spacial score (nSPS) is 10.8. The number of carbonyl (C=O) groups excluding carboxylic acids is 2. The van der Waals surface area contributed by atoms with Crippen molar-refractivity contribution in [2.75, 3.05) is 5.75 Å². The van der Waals surface area contributed by atoms with Crippen molar-refractivity contribution in [3.05, 3.63) is 82.3 Å². The van der Waals surface area contributed by atoms with E-state index in [1.54, 1.807) is 24.5 Å². The van der Waals surface area contributed by atoms with Crippen LogP contribution in [0.2, 0.25) is 0 Å². The van der Waals surface area contributed by atoms with E-state index >= 15 is 0 Å². The zero-order chi connectivity index (χ0) is 21.6. The molecule has 1 amide bonds. The fraction of sp³-hybridized carbons (Fsp3) is 0.136. The number of pyridine rings is 1. The first-order valence-corrected chi connectivity index (χ1v) is 11.3. The van der Waals surface area contributed by atoms with Crippen LogP contribution in [0.1, 0.15) is 20.1 Å². The van der Waals surface area contributed by atoms with Crippen molar-refractivity contribution in [2.45, 2.75) is 18.1 Å². The molecule has 3 heterocycles. The quantitative estimate of drug-likeness (QED) is 0.310. The van der Waals surface area contributed by atoms with E-state index < -0.39 is 5.91 Å². The van der Waals surface area contributed by atoms with Gasteiger partial charge in [-0.25, -0.2) is 0 Å². The van der Waals surface area contributed by atoms with E-state index in [1.165, 1.54) is 23.1 Å². The molecule has 0 saturated heterocycles. The molecule has 1 aromatic carbocycles. The van der Waals surface area contributed by atoms with Gasteiger partial charge in [0.05, 0.1) is 23.6 Å². The van der Waals surface area contributed by atoms with Gasteiger partial charge in [-0.3, -0.25) is 19.1 Å². The molecule has 0 radical (unpaired) electrons. The molecular formula is C22H19N5O2S2. The predicted octanol–water partition coefficient (Wildman–Crippen LogP) is 3.45. The van der Waals surface area contributed by atoms with E-state index in [4.69, 9.17) is 5.73 Å². The number of Topliss-reactive ketones (excluding diaryl/α,β-unsaturated/α-hetero) is 1. The van der Waals surface area contributed by atoms with Gasteiger partial charge in [-0.05, 0) is 29.8 Å². The van der Waals surface area contributed by atoms with Crippen molar-refractivity contribution in [1.29, 1.82) is 0 Å². The lowest BCUT2D eigenvalue weighted by molar-refractivity contribution is -0.117. The molecule has 0 bridgehead atoms. The Morgan fingerprint density at radius 2 is 1.77 bits per heavy atom. The Hall–Kier alpha value is -3.30. The van der Waals surface area contributed by atoms with Gasteiger partial charge >= 0.3 is 0 Å². The highest BCUT2D eigenvalue weighted by atomic mass is 32.2. The van der Waals surface area contributed by atoms with Crippen molar-refractivity contribution < 1.29 is 9.59 Å². The molecule has 3 aromatic heterocycles. The summed E-state index contributed by atoms with van der Waals surface area (Å²) in [5.41, 5.74) is 7.25. The molecule has 0 fully saturated rings. The SMILES string of the molecule is NC(=O)Cc1ccc(C(=O)CSc2nnc(-c3ccncc3)n2Cc2ccccc2)s1. The van der Waals surface area contributed by atoms with E-state index in [-0.39, 0.29) is 18.0 Å². The Balaban J connectivity index is 1.55. The van der Waals surface area contributed by atoms with Crippen molar-refractivity contribution in [3.8, 4) is 11.4 Å². The van der Waals surface area contributed by atoms with Gasteiger partial charge in [-0.2, -0.15) is 0 Å². The Labute approximate surface area is 187 Å². The second-order valence-electron chi connectivity index (χ2n) is 6.73. The van der Waals surface area contributed by atoms with Gasteiger partial charge in [0.25, 0.3) is 0 Å². The standard InChI is InChI=1S/C22H19N5O2S2/c23-20(29)12-17-6-7-19(31-17)18(28)14-30-22-26-25-21(16-8-10-24-11-9-16)27(22)13-15-4-2-1-3-5-15/h1-11H,12-14H2,(H2,23,29). The highest BCUT2D eigenvalue weighted by Crippen LogP contribution is 2.26. The molecule has 0 aliphatic rings. The molecule has 4 rings (SSSR count). The van der Waals surface area contributed by atoms with Gasteiger partial charge in [-0.1, -0.05) is 42.1 Å². The molecule has 0 unspecified atom stereocenters. The summed E-state index contributed by atoms with van der Waals surface area (Å²) in [6.45, 7) is 0.587. The second-order valence-corrected chi connectivity index (χ2v) is 8.85. The molecule has 0 saturated carbocycles. The minimum Gasteiger partial charge on any atom is -0.369 e. The largest absolute Gasteiger partial charge is 0.369 e. The average molecular weight is 450 g/mol. The minimum absolute atomic E-state index is 0.0227. The molecule has 4 aromatic rings. The summed E-state index contributed by atoms with van der Waals surface area (Å²) in [5, 5.41) is 9.38. The zero-order valence-corrected chi connectivity index (χ0v) is 18.1. The summed E-state index contributed by atoms with van der Waals surface area (Å²) in [4.78, 5) is 29.2. The smallest absolute Gasteiger partial charge is 0.222 e. The van der Waals surface area contributed by atoms with Crippen LogP contribution in [0.3, 0.4) is 0 Å². The summed E-state index contributed by atoms with van der Waals surface area (Å²) >= 11 is 2.65. The van der Waals surface area contributed by atoms with Crippen LogP contribution in [0, 0.1) is 0 Å². The van der Waals surface area contributed by atoms with Gasteiger partial charge in [0.15, 0.2) is 16.8 Å². The van der Waals surface area contributed by atoms with Crippen molar-refractivity contribution in [2.24, 2.45) is 5.73 Å². The van der Waals surface area contributed by atoms with Crippen LogP contribution in [-0.2, 0) is 17.8 Å². The maximum Gasteiger partial charge on any atom is 0.222 e. The summed E-state index contributed by atoms with van der Waals surface area (Å²) in [6, 6.07) is 17.3. The molecule has 0 spiro atoms. The number of thioether (sulfide) groups is 1. The number of nitrogens with two attached hydrogens (primary N) is 1. The third kappa shape index (κ3) is 5.25. The van der Waals surface area contributed by atoms with Crippen molar-refractivity contribution >= 4 is 34.8 Å². The number of rotatable bonds is 9. The third-order valence-corrected chi connectivity index (χ3v) is 6.55. The summed E-state index contributed by atoms with van der Waals surface area (Å²) < 4.78 is 2.01. The van der Waals surface area contributed by atoms with Gasteiger partial charge in [0.2, 0.25) is 5.91 Å². The Morgan fingerprint density at radius 3 is 2.52 bits per heavy atom. The number of primary amides is 1. The number of nitrogens with zero attached hydrogens (tertiary/aromatic N) is 4. The lowest BCUT2D eigenvalue weighted by atomic mass is 10.2. The first kappa shape index (κ1) is 21.0. The lowest BCUT2D eigenvalue weighted by Gasteiger charge is -2.10. The van der Waals surface area contributed by atoms with Crippen LogP contribution in [0.15, 0.2) is 72.1 Å². The second kappa shape index (κ2) is 9.67. The number of amides is 1. The van der Waals surface area contributed by atoms with Crippen LogP contribution in [0.4, 0.5) is 0 Å². The van der Waals surface area contributed by atoms with E-state index in [0.717, 1.165) is 21.8 Å². The van der Waals surface area contributed by atoms with Crippen LogP contribution in [0.5, 0.6) is 0 Å². The predicted molar refractivity (Wildman–Crippen MR) is 121 cm³/mol. The molecule has 0 atom stereocenters. The molecule has 2 N–H and O–H groups in total. The van der Waals surface area contributed by atoms with E-state index in [1.807, 2.05) is 47.0 Å². The molecular weight excluding hydrogens is 430 g/mol. The molecule has 31 heavy (non-hydrogen) atoms. The first-order chi connectivity index (χ1) is 15.1. The van der Waals surface area contributed by atoms with Gasteiger partial charge < -0.3 is 5.73 Å². The highest BCUT2D eigenvalue weighted by Gasteiger charge is 2.17. The van der Waals surface area contributed by atoms with Crippen LogP contribution < -0.4 is 5.73 Å². The Morgan fingerprint density at radius 1 is 1.00 bits per heavy atom. The summed E-state index contributed by atoms with van der Waals surface area (Å²) in [6.07, 6.45) is 3.58.